The van der Waals surface area contributed by atoms with Crippen molar-refractivity contribution >= 4 is 67.9 Å². The van der Waals surface area contributed by atoms with Gasteiger partial charge in [0.2, 0.25) is 0 Å². The van der Waals surface area contributed by atoms with Crippen molar-refractivity contribution in [3.63, 3.8) is 0 Å². The minimum absolute atomic E-state index is 0. The van der Waals surface area contributed by atoms with Gasteiger partial charge in [-0.25, -0.2) is 0 Å². The number of hydrogen-bond donors (Lipinski definition) is 0. The van der Waals surface area contributed by atoms with Gasteiger partial charge in [0.15, 0.2) is 14.8 Å². The Labute approximate surface area is 652 Å². The minimum atomic E-state index is -1.96. The van der Waals surface area contributed by atoms with Gasteiger partial charge in [-0.1, -0.05) is 368 Å². The normalized spacial score (nSPS) is 16.0. The van der Waals surface area contributed by atoms with E-state index in [1.54, 1.807) is 22.3 Å². The molecule has 7 aliphatic rings. The Bertz CT molecular complexity index is 4450. The lowest BCUT2D eigenvalue weighted by Gasteiger charge is -2.45. The molecule has 0 saturated heterocycles. The molecular formula is C96H118Cl2O3Si5-. The minimum Gasteiger partial charge on any atom is -0.412 e. The van der Waals surface area contributed by atoms with E-state index >= 15 is 0 Å². The maximum Gasteiger partial charge on any atom is 0.165 e. The number of hydrogen-bond acceptors (Lipinski definition) is 0. The average Bonchev–Trinajstić information content (AvgIpc) is 1.55. The molecule has 0 aliphatic heterocycles. The first kappa shape index (κ1) is 83.1. The highest BCUT2D eigenvalue weighted by Crippen LogP contribution is 2.60. The van der Waals surface area contributed by atoms with Crippen LogP contribution in [0.1, 0.15) is 152 Å². The predicted molar refractivity (Wildman–Crippen MR) is 476 cm³/mol. The number of halogens is 2. The highest BCUT2D eigenvalue weighted by molar-refractivity contribution is 7.21. The van der Waals surface area contributed by atoms with Crippen LogP contribution in [0.5, 0.6) is 0 Å². The third-order valence-electron chi connectivity index (χ3n) is 21.7. The smallest absolute Gasteiger partial charge is 0.165 e. The maximum atomic E-state index is 7.22. The Morgan fingerprint density at radius 1 is 0.387 bits per heavy atom. The van der Waals surface area contributed by atoms with Gasteiger partial charge < -0.3 is 16.4 Å². The van der Waals surface area contributed by atoms with Crippen LogP contribution in [-0.2, 0) is 12.5 Å². The number of fused-ring (bicyclic) bond motifs is 14. The van der Waals surface area contributed by atoms with E-state index in [1.807, 2.05) is 0 Å². The zero-order valence-corrected chi connectivity index (χ0v) is 72.9. The summed E-state index contributed by atoms with van der Waals surface area (Å²) >= 11 is 14.4. The fourth-order valence-corrected chi connectivity index (χ4v) is 40.2. The van der Waals surface area contributed by atoms with Gasteiger partial charge in [-0.15, -0.1) is 17.2 Å². The van der Waals surface area contributed by atoms with Gasteiger partial charge in [0.05, 0.1) is 8.07 Å². The molecule has 0 fully saturated rings. The van der Waals surface area contributed by atoms with E-state index in [0.717, 1.165) is 18.5 Å². The fraction of sp³-hybridized carbons (Fsp3) is 0.323. The van der Waals surface area contributed by atoms with Crippen LogP contribution in [0.3, 0.4) is 0 Å². The van der Waals surface area contributed by atoms with Crippen molar-refractivity contribution in [3.05, 3.63) is 322 Å². The monoisotopic (exact) mass is 1530 g/mol. The number of benzene rings is 10. The molecule has 0 amide bonds. The Hall–Kier alpha value is -6.91. The van der Waals surface area contributed by atoms with Crippen LogP contribution in [0.2, 0.25) is 76.6 Å². The van der Waals surface area contributed by atoms with E-state index in [-0.39, 0.29) is 36.1 Å². The summed E-state index contributed by atoms with van der Waals surface area (Å²) in [6, 6.07) is 100.0. The van der Waals surface area contributed by atoms with Crippen LogP contribution in [-0.4, -0.2) is 56.1 Å². The molecule has 106 heavy (non-hydrogen) atoms. The molecule has 16 rings (SSSR count). The van der Waals surface area contributed by atoms with E-state index in [4.69, 9.17) is 22.2 Å². The summed E-state index contributed by atoms with van der Waals surface area (Å²) in [7, 11) is -7.05. The Morgan fingerprint density at radius 3 is 1.08 bits per heavy atom. The van der Waals surface area contributed by atoms with Gasteiger partial charge in [0, 0.05) is 39.0 Å². The summed E-state index contributed by atoms with van der Waals surface area (Å²) in [5, 5.41) is 0. The topological polar surface area (TPSA) is 94.5 Å². The van der Waals surface area contributed by atoms with Crippen LogP contribution in [0.4, 0.5) is 0 Å². The van der Waals surface area contributed by atoms with Gasteiger partial charge in [0.1, 0.15) is 0 Å². The second kappa shape index (κ2) is 33.5. The first-order chi connectivity index (χ1) is 48.8. The summed E-state index contributed by atoms with van der Waals surface area (Å²) in [4.78, 5) is 0. The number of allylic oxidation sites excluding steroid dienone is 1. The summed E-state index contributed by atoms with van der Waals surface area (Å²) in [6.07, 6.45) is 4.96. The summed E-state index contributed by atoms with van der Waals surface area (Å²) in [5.41, 5.74) is 35.0. The van der Waals surface area contributed by atoms with Crippen molar-refractivity contribution in [2.24, 2.45) is 16.2 Å². The molecule has 0 bridgehead atoms. The van der Waals surface area contributed by atoms with Crippen LogP contribution >= 0.6 is 22.2 Å². The molecule has 7 aliphatic carbocycles. The van der Waals surface area contributed by atoms with Crippen LogP contribution in [0.15, 0.2) is 260 Å². The fourth-order valence-electron chi connectivity index (χ4n) is 19.1. The molecule has 0 heterocycles. The Balaban J connectivity index is 0.000000159. The van der Waals surface area contributed by atoms with Crippen molar-refractivity contribution < 1.29 is 16.4 Å². The van der Waals surface area contributed by atoms with E-state index in [9.17, 15) is 0 Å². The van der Waals surface area contributed by atoms with Crippen LogP contribution < -0.4 is 0 Å². The average molecular weight is 1530 g/mol. The zero-order chi connectivity index (χ0) is 73.4. The summed E-state index contributed by atoms with van der Waals surface area (Å²) in [6.45, 7) is 40.8. The highest BCUT2D eigenvalue weighted by atomic mass is 35.6. The molecule has 1 radical (unpaired) electrons. The van der Waals surface area contributed by atoms with E-state index in [1.165, 1.54) is 125 Å². The summed E-state index contributed by atoms with van der Waals surface area (Å²) in [5.74, 6) is 0. The van der Waals surface area contributed by atoms with Crippen molar-refractivity contribution in [1.29, 1.82) is 0 Å². The zero-order valence-electron chi connectivity index (χ0n) is 66.3. The third kappa shape index (κ3) is 18.7. The molecule has 3 nitrogen and oxygen atoms in total. The van der Waals surface area contributed by atoms with Crippen molar-refractivity contribution in [3.8, 4) is 55.6 Å². The molecule has 0 saturated carbocycles. The van der Waals surface area contributed by atoms with Crippen LogP contribution in [0, 0.1) is 16.2 Å². The quantitative estimate of drug-likeness (QED) is 0.0662. The molecule has 9 aromatic carbocycles. The van der Waals surface area contributed by atoms with Gasteiger partial charge >= 0.3 is 0 Å². The Morgan fingerprint density at radius 2 is 0.717 bits per heavy atom. The van der Waals surface area contributed by atoms with Gasteiger partial charge in [-0.2, -0.15) is 46.4 Å². The molecular weight excluding hydrogens is 1410 g/mol. The molecule has 10 heteroatoms. The molecule has 4 atom stereocenters. The third-order valence-corrected chi connectivity index (χ3v) is 39.5. The molecule has 0 aromatic heterocycles. The van der Waals surface area contributed by atoms with E-state index < -0.39 is 30.9 Å². The lowest BCUT2D eigenvalue weighted by Crippen LogP contribution is -2.48. The van der Waals surface area contributed by atoms with Crippen LogP contribution in [0.25, 0.3) is 61.7 Å². The largest absolute Gasteiger partial charge is 0.412 e. The van der Waals surface area contributed by atoms with E-state index in [2.05, 4.69) is 376 Å². The van der Waals surface area contributed by atoms with Gasteiger partial charge in [-0.05, 0) is 147 Å². The Kier molecular flexibility index (Phi) is 26.3. The van der Waals surface area contributed by atoms with E-state index in [0.29, 0.717) is 27.6 Å². The standard InChI is InChI=1S/C32H39Si2.2C19H23ClSi.C13H17Si.C13H10.3H2O/c1-32(2,3)22-34(6,30-24(19-20-33(4)5)21-23-13-7-8-14-25(23)30)31-28-17-11-9-15-26(28)27-16-10-12-18-29(27)31;2*1-19(2,3)13-21(4,20)18-16-11-7-5-9-14(16)15-10-6-8-12-17(15)18;1-14(2,3)10-11-8-12-6-4-5-7-13(12)9-11;1-3-7-12-10(5-1)9-11-6-2-4-8-13(11)12;;;/h7-18,21,30-31H,19-20,22H2,1-6H3;2*5-12,18H,13H2,1-4H3;4-9H,10H2,1-3H3;1-8H,9H2;3*1H2/q;;;-1;;;;. The maximum absolute atomic E-state index is 7.22. The molecule has 6 N–H and O–H groups in total. The second-order valence-corrected chi connectivity index (χ2v) is 61.4. The molecule has 0 spiro atoms. The lowest BCUT2D eigenvalue weighted by atomic mass is 10.0. The van der Waals surface area contributed by atoms with Gasteiger partial charge in [-0.3, -0.25) is 0 Å². The molecule has 555 valence electrons. The first-order valence-corrected chi connectivity index (χ1v) is 55.0. The number of rotatable bonds is 12. The van der Waals surface area contributed by atoms with Crippen molar-refractivity contribution in [2.45, 2.75) is 180 Å². The van der Waals surface area contributed by atoms with Crippen molar-refractivity contribution in [1.82, 2.24) is 0 Å². The first-order valence-electron chi connectivity index (χ1n) is 38.1. The predicted octanol–water partition coefficient (Wildman–Crippen LogP) is 26.4. The second-order valence-electron chi connectivity index (χ2n) is 36.3. The van der Waals surface area contributed by atoms with Gasteiger partial charge in [0.25, 0.3) is 0 Å². The highest BCUT2D eigenvalue weighted by Gasteiger charge is 2.53. The SMILES string of the molecule is CC(C)(C)C[Si](C)(Cl)C1c2ccccc2-c2ccccc21.CC(C)(C)C[Si](C)(Cl)C1c2ccccc2-c2ccccc21.C[Si](C)(C)Cc1cc2cc[cH-]cc-2c1.C[Si](C)CCC1=Cc2ccccc2C1[Si](C)(CC(C)(C)C)C1c2ccccc2-c2ccccc21.O.O.O.c1ccc2c(c1)Cc1ccccc1-2. The lowest BCUT2D eigenvalue weighted by molar-refractivity contribution is 0.455. The molecule has 9 aromatic rings. The molecule has 4 unspecified atom stereocenters. The summed E-state index contributed by atoms with van der Waals surface area (Å²) < 4.78 is 0. The van der Waals surface area contributed by atoms with Crippen molar-refractivity contribution in [2.75, 3.05) is 0 Å².